The molecule has 2 nitrogen and oxygen atoms in total. The van der Waals surface area contributed by atoms with Crippen LogP contribution in [0, 0.1) is 0 Å². The van der Waals surface area contributed by atoms with Crippen molar-refractivity contribution in [3.63, 3.8) is 0 Å². The first-order valence-corrected chi connectivity index (χ1v) is 3.29. The van der Waals surface area contributed by atoms with Crippen molar-refractivity contribution in [2.75, 3.05) is 7.11 Å². The first-order valence-electron chi connectivity index (χ1n) is 3.29. The minimum Gasteiger partial charge on any atom is -0.375 e. The Labute approximate surface area is 61.9 Å². The lowest BCUT2D eigenvalue weighted by Gasteiger charge is -2.17. The average molecular weight is 142 g/mol. The summed E-state index contributed by atoms with van der Waals surface area (Å²) in [6.45, 7) is 3.88. The maximum atomic E-state index is 9.89. The van der Waals surface area contributed by atoms with E-state index < -0.39 is 0 Å². The molecule has 0 heterocycles. The van der Waals surface area contributed by atoms with Gasteiger partial charge in [0.1, 0.15) is 6.29 Å². The van der Waals surface area contributed by atoms with Crippen LogP contribution in [0.2, 0.25) is 0 Å². The number of carbonyl (C=O) groups is 1. The van der Waals surface area contributed by atoms with Crippen molar-refractivity contribution < 1.29 is 9.53 Å². The number of allylic oxidation sites excluding steroid dienone is 1. The molecule has 0 radical (unpaired) electrons. The molecule has 0 fully saturated rings. The number of hydrogen-bond acceptors (Lipinski definition) is 2. The van der Waals surface area contributed by atoms with E-state index >= 15 is 0 Å². The molecular weight excluding hydrogens is 128 g/mol. The molecular formula is C8H14O2. The van der Waals surface area contributed by atoms with Crippen LogP contribution in [-0.2, 0) is 9.53 Å². The van der Waals surface area contributed by atoms with Crippen molar-refractivity contribution in [2.24, 2.45) is 0 Å². The average Bonchev–Trinajstić information content (AvgIpc) is 1.89. The van der Waals surface area contributed by atoms with E-state index in [9.17, 15) is 4.79 Å². The Bertz CT molecular complexity index is 125. The standard InChI is InChI=1S/C8H14O2/c1-8(2,10-3)6-4-5-7-9/h4,6-7H,5H2,1-3H3/b6-4+. The van der Waals surface area contributed by atoms with Gasteiger partial charge in [0.15, 0.2) is 0 Å². The molecule has 0 aromatic heterocycles. The minimum atomic E-state index is -0.247. The summed E-state index contributed by atoms with van der Waals surface area (Å²) in [7, 11) is 1.64. The zero-order valence-electron chi connectivity index (χ0n) is 6.76. The van der Waals surface area contributed by atoms with Crippen LogP contribution in [0.1, 0.15) is 20.3 Å². The minimum absolute atomic E-state index is 0.247. The topological polar surface area (TPSA) is 26.3 Å². The molecule has 0 atom stereocenters. The van der Waals surface area contributed by atoms with Gasteiger partial charge in [-0.2, -0.15) is 0 Å². The molecule has 0 saturated heterocycles. The van der Waals surface area contributed by atoms with Crippen LogP contribution in [0.15, 0.2) is 12.2 Å². The number of carbonyl (C=O) groups excluding carboxylic acids is 1. The lowest BCUT2D eigenvalue weighted by molar-refractivity contribution is -0.107. The van der Waals surface area contributed by atoms with Crippen molar-refractivity contribution in [3.05, 3.63) is 12.2 Å². The fourth-order valence-corrected chi connectivity index (χ4v) is 0.475. The number of aldehydes is 1. The predicted octanol–water partition coefficient (Wildman–Crippen LogP) is 1.56. The van der Waals surface area contributed by atoms with Crippen molar-refractivity contribution in [1.29, 1.82) is 0 Å². The molecule has 58 valence electrons. The van der Waals surface area contributed by atoms with E-state index in [1.54, 1.807) is 13.2 Å². The van der Waals surface area contributed by atoms with Gasteiger partial charge < -0.3 is 9.53 Å². The third kappa shape index (κ3) is 4.27. The van der Waals surface area contributed by atoms with Gasteiger partial charge in [-0.3, -0.25) is 0 Å². The van der Waals surface area contributed by atoms with Gasteiger partial charge in [-0.1, -0.05) is 12.2 Å². The Kier molecular flexibility index (Phi) is 3.96. The van der Waals surface area contributed by atoms with Gasteiger partial charge in [-0.15, -0.1) is 0 Å². The quantitative estimate of drug-likeness (QED) is 0.440. The van der Waals surface area contributed by atoms with Crippen LogP contribution in [0.5, 0.6) is 0 Å². The Hall–Kier alpha value is -0.630. The number of ether oxygens (including phenoxy) is 1. The fraction of sp³-hybridized carbons (Fsp3) is 0.625. The lowest BCUT2D eigenvalue weighted by atomic mass is 10.1. The summed E-state index contributed by atoms with van der Waals surface area (Å²) in [6, 6.07) is 0. The monoisotopic (exact) mass is 142 g/mol. The van der Waals surface area contributed by atoms with Gasteiger partial charge >= 0.3 is 0 Å². The van der Waals surface area contributed by atoms with Crippen LogP contribution in [0.25, 0.3) is 0 Å². The number of methoxy groups -OCH3 is 1. The summed E-state index contributed by atoms with van der Waals surface area (Å²) in [5, 5.41) is 0. The summed E-state index contributed by atoms with van der Waals surface area (Å²) in [4.78, 5) is 9.89. The van der Waals surface area contributed by atoms with E-state index in [2.05, 4.69) is 0 Å². The molecule has 0 saturated carbocycles. The first kappa shape index (κ1) is 9.37. The zero-order valence-corrected chi connectivity index (χ0v) is 6.76. The summed E-state index contributed by atoms with van der Waals surface area (Å²) >= 11 is 0. The van der Waals surface area contributed by atoms with Crippen LogP contribution in [0.4, 0.5) is 0 Å². The fourth-order valence-electron chi connectivity index (χ4n) is 0.475. The Balaban J connectivity index is 3.73. The van der Waals surface area contributed by atoms with E-state index in [1.807, 2.05) is 19.9 Å². The highest BCUT2D eigenvalue weighted by molar-refractivity contribution is 5.51. The summed E-state index contributed by atoms with van der Waals surface area (Å²) in [5.74, 6) is 0. The van der Waals surface area contributed by atoms with E-state index in [-0.39, 0.29) is 5.60 Å². The van der Waals surface area contributed by atoms with Crippen LogP contribution >= 0.6 is 0 Å². The summed E-state index contributed by atoms with van der Waals surface area (Å²) in [6.07, 6.45) is 5.01. The highest BCUT2D eigenvalue weighted by Crippen LogP contribution is 2.08. The number of hydrogen-bond donors (Lipinski definition) is 0. The third-order valence-electron chi connectivity index (χ3n) is 1.28. The molecule has 2 heteroatoms. The van der Waals surface area contributed by atoms with Crippen LogP contribution in [0.3, 0.4) is 0 Å². The molecule has 0 N–H and O–H groups in total. The molecule has 0 amide bonds. The maximum absolute atomic E-state index is 9.89. The van der Waals surface area contributed by atoms with Gasteiger partial charge in [0.2, 0.25) is 0 Å². The van der Waals surface area contributed by atoms with E-state index in [0.29, 0.717) is 6.42 Å². The summed E-state index contributed by atoms with van der Waals surface area (Å²) < 4.78 is 5.08. The molecule has 0 aliphatic carbocycles. The smallest absolute Gasteiger partial charge is 0.123 e. The van der Waals surface area contributed by atoms with Gasteiger partial charge in [-0.05, 0) is 13.8 Å². The second kappa shape index (κ2) is 4.23. The normalized spacial score (nSPS) is 12.3. The van der Waals surface area contributed by atoms with Gasteiger partial charge in [-0.25, -0.2) is 0 Å². The van der Waals surface area contributed by atoms with Crippen molar-refractivity contribution >= 4 is 6.29 Å². The van der Waals surface area contributed by atoms with Gasteiger partial charge in [0.05, 0.1) is 5.60 Å². The van der Waals surface area contributed by atoms with Crippen LogP contribution < -0.4 is 0 Å². The molecule has 0 unspecified atom stereocenters. The molecule has 0 bridgehead atoms. The SMILES string of the molecule is COC(C)(C)/C=C/CC=O. The largest absolute Gasteiger partial charge is 0.375 e. The Morgan fingerprint density at radius 2 is 2.10 bits per heavy atom. The van der Waals surface area contributed by atoms with Crippen molar-refractivity contribution in [3.8, 4) is 0 Å². The second-order valence-electron chi connectivity index (χ2n) is 2.61. The lowest BCUT2D eigenvalue weighted by Crippen LogP contribution is -2.18. The van der Waals surface area contributed by atoms with Crippen molar-refractivity contribution in [1.82, 2.24) is 0 Å². The maximum Gasteiger partial charge on any atom is 0.123 e. The van der Waals surface area contributed by atoms with Gasteiger partial charge in [0.25, 0.3) is 0 Å². The Morgan fingerprint density at radius 3 is 2.50 bits per heavy atom. The molecule has 0 rings (SSSR count). The third-order valence-corrected chi connectivity index (χ3v) is 1.28. The highest BCUT2D eigenvalue weighted by atomic mass is 16.5. The molecule has 0 spiro atoms. The predicted molar refractivity (Wildman–Crippen MR) is 40.9 cm³/mol. The molecule has 0 aromatic carbocycles. The van der Waals surface area contributed by atoms with E-state index in [0.717, 1.165) is 6.29 Å². The van der Waals surface area contributed by atoms with Crippen molar-refractivity contribution in [2.45, 2.75) is 25.9 Å². The van der Waals surface area contributed by atoms with Gasteiger partial charge in [0, 0.05) is 13.5 Å². The molecule has 0 aliphatic heterocycles. The molecule has 0 aliphatic rings. The zero-order chi connectivity index (χ0) is 8.04. The van der Waals surface area contributed by atoms with Crippen LogP contribution in [-0.4, -0.2) is 19.0 Å². The number of rotatable bonds is 4. The Morgan fingerprint density at radius 1 is 1.50 bits per heavy atom. The highest BCUT2D eigenvalue weighted by Gasteiger charge is 2.09. The molecule has 10 heavy (non-hydrogen) atoms. The second-order valence-corrected chi connectivity index (χ2v) is 2.61. The first-order chi connectivity index (χ1) is 4.62. The molecule has 0 aromatic rings. The van der Waals surface area contributed by atoms with E-state index in [1.165, 1.54) is 0 Å². The van der Waals surface area contributed by atoms with E-state index in [4.69, 9.17) is 4.74 Å². The summed E-state index contributed by atoms with van der Waals surface area (Å²) in [5.41, 5.74) is -0.247.